The predicted octanol–water partition coefficient (Wildman–Crippen LogP) is 1.95. The van der Waals surface area contributed by atoms with Crippen molar-refractivity contribution in [3.05, 3.63) is 35.4 Å². The van der Waals surface area contributed by atoms with Crippen LogP contribution in [0.1, 0.15) is 35.2 Å². The highest BCUT2D eigenvalue weighted by atomic mass is 16.5. The van der Waals surface area contributed by atoms with Gasteiger partial charge in [-0.3, -0.25) is 4.79 Å². The summed E-state index contributed by atoms with van der Waals surface area (Å²) in [5.74, 6) is -0.934. The highest BCUT2D eigenvalue weighted by Gasteiger charge is 2.20. The van der Waals surface area contributed by atoms with Gasteiger partial charge in [0.05, 0.1) is 11.7 Å². The van der Waals surface area contributed by atoms with Crippen molar-refractivity contribution in [1.82, 2.24) is 4.90 Å². The topological polar surface area (TPSA) is 66.8 Å². The van der Waals surface area contributed by atoms with Gasteiger partial charge in [0.15, 0.2) is 0 Å². The lowest BCUT2D eigenvalue weighted by Gasteiger charge is -2.21. The Morgan fingerprint density at radius 1 is 1.38 bits per heavy atom. The monoisotopic (exact) mass is 291 g/mol. The van der Waals surface area contributed by atoms with E-state index < -0.39 is 5.97 Å². The van der Waals surface area contributed by atoms with Crippen LogP contribution in [-0.4, -0.2) is 48.2 Å². The van der Waals surface area contributed by atoms with Gasteiger partial charge in [0.25, 0.3) is 0 Å². The number of rotatable bonds is 6. The third-order valence-corrected chi connectivity index (χ3v) is 3.78. The molecule has 1 saturated heterocycles. The van der Waals surface area contributed by atoms with Gasteiger partial charge in [0.1, 0.15) is 0 Å². The Balaban J connectivity index is 1.87. The molecule has 0 radical (unpaired) electrons. The van der Waals surface area contributed by atoms with E-state index in [-0.39, 0.29) is 17.6 Å². The third kappa shape index (κ3) is 4.29. The summed E-state index contributed by atoms with van der Waals surface area (Å²) in [5.41, 5.74) is 0.968. The number of benzene rings is 1. The number of aryl methyl sites for hydroxylation is 1. The van der Waals surface area contributed by atoms with Gasteiger partial charge in [-0.2, -0.15) is 0 Å². The molecule has 0 spiro atoms. The Bertz CT molecular complexity index is 509. The van der Waals surface area contributed by atoms with Gasteiger partial charge in [-0.15, -0.1) is 0 Å². The maximum absolute atomic E-state index is 12.1. The second-order valence-corrected chi connectivity index (χ2v) is 5.37. The van der Waals surface area contributed by atoms with Crippen molar-refractivity contribution in [1.29, 1.82) is 0 Å². The summed E-state index contributed by atoms with van der Waals surface area (Å²) < 4.78 is 5.52. The average Bonchev–Trinajstić information content (AvgIpc) is 2.97. The first-order valence-electron chi connectivity index (χ1n) is 7.24. The molecule has 0 unspecified atom stereocenters. The number of nitrogens with zero attached hydrogens (tertiary/aromatic N) is 1. The standard InChI is InChI=1S/C16H21NO4/c1-17(11-13-6-4-10-21-13)15(18)9-8-12-5-2-3-7-14(12)16(19)20/h2-3,5,7,13H,4,6,8-11H2,1H3,(H,19,20)/t13-/m0/s1. The van der Waals surface area contributed by atoms with Crippen molar-refractivity contribution >= 4 is 11.9 Å². The Morgan fingerprint density at radius 2 is 2.14 bits per heavy atom. The van der Waals surface area contributed by atoms with E-state index in [0.717, 1.165) is 19.4 Å². The number of ether oxygens (including phenoxy) is 1. The van der Waals surface area contributed by atoms with Crippen LogP contribution in [0.15, 0.2) is 24.3 Å². The van der Waals surface area contributed by atoms with Crippen LogP contribution in [0.3, 0.4) is 0 Å². The van der Waals surface area contributed by atoms with Crippen molar-refractivity contribution in [3.63, 3.8) is 0 Å². The van der Waals surface area contributed by atoms with Crippen LogP contribution >= 0.6 is 0 Å². The summed E-state index contributed by atoms with van der Waals surface area (Å²) >= 11 is 0. The number of hydrogen-bond donors (Lipinski definition) is 1. The van der Waals surface area contributed by atoms with E-state index in [9.17, 15) is 9.59 Å². The first-order chi connectivity index (χ1) is 10.1. The summed E-state index contributed by atoms with van der Waals surface area (Å²) in [5, 5.41) is 9.12. The number of carboxylic acids is 1. The molecular formula is C16H21NO4. The fourth-order valence-electron chi connectivity index (χ4n) is 2.58. The normalized spacial score (nSPS) is 17.7. The predicted molar refractivity (Wildman–Crippen MR) is 78.3 cm³/mol. The van der Waals surface area contributed by atoms with Gasteiger partial charge < -0.3 is 14.7 Å². The fraction of sp³-hybridized carbons (Fsp3) is 0.500. The Kier molecular flexibility index (Phi) is 5.33. The minimum absolute atomic E-state index is 0.0192. The minimum Gasteiger partial charge on any atom is -0.478 e. The van der Waals surface area contributed by atoms with Crippen LogP contribution in [-0.2, 0) is 16.0 Å². The molecule has 1 aliphatic heterocycles. The number of carboxylic acid groups (broad SMARTS) is 1. The molecule has 2 rings (SSSR count). The second kappa shape index (κ2) is 7.22. The van der Waals surface area contributed by atoms with Crippen molar-refractivity contribution < 1.29 is 19.4 Å². The van der Waals surface area contributed by atoms with Crippen molar-refractivity contribution in [2.24, 2.45) is 0 Å². The molecule has 1 N–H and O–H groups in total. The van der Waals surface area contributed by atoms with Gasteiger partial charge in [-0.25, -0.2) is 4.79 Å². The SMILES string of the molecule is CN(C[C@@H]1CCCO1)C(=O)CCc1ccccc1C(=O)O. The summed E-state index contributed by atoms with van der Waals surface area (Å²) in [4.78, 5) is 24.9. The molecule has 1 fully saturated rings. The number of hydrogen-bond acceptors (Lipinski definition) is 3. The van der Waals surface area contributed by atoms with Crippen LogP contribution in [0.4, 0.5) is 0 Å². The first kappa shape index (κ1) is 15.5. The summed E-state index contributed by atoms with van der Waals surface area (Å²) in [6.45, 7) is 1.39. The molecule has 0 aliphatic carbocycles. The first-order valence-corrected chi connectivity index (χ1v) is 7.24. The van der Waals surface area contributed by atoms with Crippen LogP contribution in [0, 0.1) is 0 Å². The fourth-order valence-corrected chi connectivity index (χ4v) is 2.58. The summed E-state index contributed by atoms with van der Waals surface area (Å²) in [6, 6.07) is 6.82. The smallest absolute Gasteiger partial charge is 0.335 e. The minimum atomic E-state index is -0.953. The summed E-state index contributed by atoms with van der Waals surface area (Å²) in [7, 11) is 1.77. The molecule has 1 aromatic carbocycles. The van der Waals surface area contributed by atoms with E-state index in [1.165, 1.54) is 0 Å². The zero-order valence-electron chi connectivity index (χ0n) is 12.2. The number of aromatic carboxylic acids is 1. The van der Waals surface area contributed by atoms with Crippen LogP contribution in [0.2, 0.25) is 0 Å². The lowest BCUT2D eigenvalue weighted by Crippen LogP contribution is -2.34. The molecule has 21 heavy (non-hydrogen) atoms. The molecule has 0 aromatic heterocycles. The maximum atomic E-state index is 12.1. The third-order valence-electron chi connectivity index (χ3n) is 3.78. The molecule has 0 bridgehead atoms. The molecule has 1 atom stereocenters. The highest BCUT2D eigenvalue weighted by molar-refractivity contribution is 5.89. The number of carbonyl (C=O) groups is 2. The molecule has 1 heterocycles. The van der Waals surface area contributed by atoms with Crippen LogP contribution in [0.25, 0.3) is 0 Å². The lowest BCUT2D eigenvalue weighted by atomic mass is 10.0. The number of likely N-dealkylation sites (N-methyl/N-ethyl adjacent to an activating group) is 1. The number of carbonyl (C=O) groups excluding carboxylic acids is 1. The van der Waals surface area contributed by atoms with Crippen molar-refractivity contribution in [3.8, 4) is 0 Å². The molecule has 0 saturated carbocycles. The van der Waals surface area contributed by atoms with Gasteiger partial charge in [-0.1, -0.05) is 18.2 Å². The average molecular weight is 291 g/mol. The zero-order valence-corrected chi connectivity index (χ0v) is 12.2. The molecule has 5 heteroatoms. The number of amides is 1. The van der Waals surface area contributed by atoms with Gasteiger partial charge in [-0.05, 0) is 30.9 Å². The molecule has 1 aromatic rings. The lowest BCUT2D eigenvalue weighted by molar-refractivity contribution is -0.131. The molecule has 114 valence electrons. The van der Waals surface area contributed by atoms with Crippen molar-refractivity contribution in [2.45, 2.75) is 31.8 Å². The van der Waals surface area contributed by atoms with E-state index in [1.807, 2.05) is 0 Å². The Labute approximate surface area is 124 Å². The molecule has 1 amide bonds. The second-order valence-electron chi connectivity index (χ2n) is 5.37. The zero-order chi connectivity index (χ0) is 15.2. The largest absolute Gasteiger partial charge is 0.478 e. The van der Waals surface area contributed by atoms with E-state index in [4.69, 9.17) is 9.84 Å². The van der Waals surface area contributed by atoms with E-state index in [2.05, 4.69) is 0 Å². The molecular weight excluding hydrogens is 270 g/mol. The highest BCUT2D eigenvalue weighted by Crippen LogP contribution is 2.15. The molecule has 5 nitrogen and oxygen atoms in total. The van der Waals surface area contributed by atoms with Gasteiger partial charge >= 0.3 is 5.97 Å². The Hall–Kier alpha value is -1.88. The van der Waals surface area contributed by atoms with Gasteiger partial charge in [0.2, 0.25) is 5.91 Å². The van der Waals surface area contributed by atoms with E-state index >= 15 is 0 Å². The van der Waals surface area contributed by atoms with Crippen LogP contribution < -0.4 is 0 Å². The molecule has 1 aliphatic rings. The maximum Gasteiger partial charge on any atom is 0.335 e. The van der Waals surface area contributed by atoms with E-state index in [0.29, 0.717) is 24.9 Å². The Morgan fingerprint density at radius 3 is 2.81 bits per heavy atom. The summed E-state index contributed by atoms with van der Waals surface area (Å²) in [6.07, 6.45) is 2.95. The van der Waals surface area contributed by atoms with Crippen molar-refractivity contribution in [2.75, 3.05) is 20.2 Å². The van der Waals surface area contributed by atoms with Gasteiger partial charge in [0, 0.05) is 26.6 Å². The van der Waals surface area contributed by atoms with Crippen LogP contribution in [0.5, 0.6) is 0 Å². The quantitative estimate of drug-likeness (QED) is 0.870. The van der Waals surface area contributed by atoms with E-state index in [1.54, 1.807) is 36.2 Å².